The van der Waals surface area contributed by atoms with Crippen LogP contribution in [0.1, 0.15) is 17.2 Å². The van der Waals surface area contributed by atoms with Crippen LogP contribution in [0, 0.1) is 0 Å². The van der Waals surface area contributed by atoms with E-state index in [0.717, 1.165) is 0 Å². The Morgan fingerprint density at radius 3 is 2.54 bits per heavy atom. The Morgan fingerprint density at radius 1 is 1.08 bits per heavy atom. The Balaban J connectivity index is 2.56. The molecule has 2 atom stereocenters. The molecule has 68 valence electrons. The summed E-state index contributed by atoms with van der Waals surface area (Å²) in [6.45, 7) is 0. The lowest BCUT2D eigenvalue weighted by Crippen LogP contribution is -2.22. The van der Waals surface area contributed by atoms with Gasteiger partial charge in [-0.2, -0.15) is 0 Å². The zero-order chi connectivity index (χ0) is 9.42. The van der Waals surface area contributed by atoms with Crippen LogP contribution in [-0.4, -0.2) is 16.3 Å². The molecule has 0 saturated carbocycles. The third-order valence-electron chi connectivity index (χ3n) is 2.19. The molecule has 0 unspecified atom stereocenters. The number of halogens is 1. The molecule has 1 aromatic rings. The Morgan fingerprint density at radius 2 is 1.77 bits per heavy atom. The summed E-state index contributed by atoms with van der Waals surface area (Å²) in [4.78, 5) is 0. The van der Waals surface area contributed by atoms with Gasteiger partial charge < -0.3 is 10.2 Å². The van der Waals surface area contributed by atoms with Gasteiger partial charge in [0.05, 0.1) is 0 Å². The van der Waals surface area contributed by atoms with Crippen LogP contribution in [0.25, 0.3) is 6.08 Å². The average molecular weight is 180 g/mol. The third kappa shape index (κ3) is 1.26. The van der Waals surface area contributed by atoms with Crippen LogP contribution in [0.2, 0.25) is 0 Å². The molecule has 0 aliphatic heterocycles. The first-order chi connectivity index (χ1) is 6.20. The number of hydrogen-bond acceptors (Lipinski definition) is 2. The van der Waals surface area contributed by atoms with Crippen LogP contribution in [0.15, 0.2) is 30.1 Å². The summed E-state index contributed by atoms with van der Waals surface area (Å²) in [5.74, 6) is -0.689. The van der Waals surface area contributed by atoms with E-state index in [2.05, 4.69) is 0 Å². The fraction of sp³-hybridized carbons (Fsp3) is 0.200. The number of aliphatic hydroxyl groups is 2. The van der Waals surface area contributed by atoms with Crippen LogP contribution >= 0.6 is 0 Å². The maximum atomic E-state index is 13.0. The number of rotatable bonds is 0. The maximum Gasteiger partial charge on any atom is 0.135 e. The number of fused-ring (bicyclic) bond motifs is 1. The molecule has 2 rings (SSSR count). The molecule has 1 aliphatic rings. The quantitative estimate of drug-likeness (QED) is 0.633. The van der Waals surface area contributed by atoms with E-state index in [9.17, 15) is 14.6 Å². The largest absolute Gasteiger partial charge is 0.385 e. The molecule has 3 heteroatoms. The second-order valence-electron chi connectivity index (χ2n) is 3.05. The van der Waals surface area contributed by atoms with Gasteiger partial charge in [0.1, 0.15) is 18.0 Å². The summed E-state index contributed by atoms with van der Waals surface area (Å²) in [5.41, 5.74) is 1.19. The van der Waals surface area contributed by atoms with Crippen molar-refractivity contribution in [2.24, 2.45) is 0 Å². The maximum absolute atomic E-state index is 13.0. The highest BCUT2D eigenvalue weighted by molar-refractivity contribution is 5.60. The monoisotopic (exact) mass is 180 g/mol. The van der Waals surface area contributed by atoms with Gasteiger partial charge in [0, 0.05) is 0 Å². The molecular weight excluding hydrogens is 171 g/mol. The molecule has 1 aromatic carbocycles. The molecule has 0 bridgehead atoms. The zero-order valence-electron chi connectivity index (χ0n) is 6.81. The minimum Gasteiger partial charge on any atom is -0.385 e. The van der Waals surface area contributed by atoms with Crippen molar-refractivity contribution in [2.75, 3.05) is 0 Å². The summed E-state index contributed by atoms with van der Waals surface area (Å²) >= 11 is 0. The molecule has 0 amide bonds. The van der Waals surface area contributed by atoms with Gasteiger partial charge in [-0.25, -0.2) is 4.39 Å². The highest BCUT2D eigenvalue weighted by atomic mass is 19.1. The normalized spacial score (nSPS) is 26.5. The minimum atomic E-state index is -1.42. The van der Waals surface area contributed by atoms with Crippen molar-refractivity contribution in [3.05, 3.63) is 41.2 Å². The second kappa shape index (κ2) is 2.94. The Hall–Kier alpha value is -1.19. The molecule has 13 heavy (non-hydrogen) atoms. The molecule has 2 N–H and O–H groups in total. The lowest BCUT2D eigenvalue weighted by Gasteiger charge is -2.22. The first-order valence-electron chi connectivity index (χ1n) is 4.02. The number of benzene rings is 1. The Labute approximate surface area is 74.9 Å². The summed E-state index contributed by atoms with van der Waals surface area (Å²) in [7, 11) is 0. The molecule has 0 heterocycles. The summed E-state index contributed by atoms with van der Waals surface area (Å²) in [6, 6.07) is 6.87. The van der Waals surface area contributed by atoms with E-state index in [1.165, 1.54) is 6.08 Å². The van der Waals surface area contributed by atoms with Crippen molar-refractivity contribution >= 4 is 6.08 Å². The van der Waals surface area contributed by atoms with Gasteiger partial charge in [0.25, 0.3) is 0 Å². The molecule has 1 aliphatic carbocycles. The van der Waals surface area contributed by atoms with Gasteiger partial charge in [0.2, 0.25) is 0 Å². The first-order valence-corrected chi connectivity index (χ1v) is 4.02. The van der Waals surface area contributed by atoms with Crippen molar-refractivity contribution in [2.45, 2.75) is 12.2 Å². The van der Waals surface area contributed by atoms with Crippen LogP contribution in [0.4, 0.5) is 4.39 Å². The summed E-state index contributed by atoms with van der Waals surface area (Å²) in [6.07, 6.45) is -1.33. The number of aliphatic hydroxyl groups excluding tert-OH is 2. The highest BCUT2D eigenvalue weighted by Gasteiger charge is 2.28. The standard InChI is InChI=1S/C10H9FO2/c11-8-5-6-3-1-2-4-7(6)9(12)10(8)13/h1-5,9-10,12-13H/t9-,10+/m0/s1. The van der Waals surface area contributed by atoms with Crippen LogP contribution in [0.5, 0.6) is 0 Å². The van der Waals surface area contributed by atoms with Crippen molar-refractivity contribution in [3.63, 3.8) is 0 Å². The van der Waals surface area contributed by atoms with Gasteiger partial charge in [-0.3, -0.25) is 0 Å². The van der Waals surface area contributed by atoms with Crippen molar-refractivity contribution in [1.29, 1.82) is 0 Å². The van der Waals surface area contributed by atoms with Crippen molar-refractivity contribution in [3.8, 4) is 0 Å². The van der Waals surface area contributed by atoms with Crippen molar-refractivity contribution < 1.29 is 14.6 Å². The molecule has 0 radical (unpaired) electrons. The Kier molecular flexibility index (Phi) is 1.90. The summed E-state index contributed by atoms with van der Waals surface area (Å²) in [5, 5.41) is 18.7. The first kappa shape index (κ1) is 8.41. The fourth-order valence-corrected chi connectivity index (χ4v) is 1.47. The SMILES string of the molecule is O[C@@H]1C(F)=Cc2ccccc2[C@@H]1O. The molecular formula is C10H9FO2. The van der Waals surface area contributed by atoms with Crippen LogP contribution in [0.3, 0.4) is 0 Å². The average Bonchev–Trinajstić information content (AvgIpc) is 2.15. The van der Waals surface area contributed by atoms with E-state index >= 15 is 0 Å². The minimum absolute atomic E-state index is 0.566. The van der Waals surface area contributed by atoms with Gasteiger partial charge >= 0.3 is 0 Å². The topological polar surface area (TPSA) is 40.5 Å². The smallest absolute Gasteiger partial charge is 0.135 e. The number of hydrogen-bond donors (Lipinski definition) is 2. The lowest BCUT2D eigenvalue weighted by atomic mass is 9.92. The zero-order valence-corrected chi connectivity index (χ0v) is 6.81. The molecule has 0 saturated heterocycles. The van der Waals surface area contributed by atoms with Gasteiger partial charge in [-0.05, 0) is 17.2 Å². The molecule has 0 spiro atoms. The molecule has 0 aromatic heterocycles. The van der Waals surface area contributed by atoms with Gasteiger partial charge in [-0.1, -0.05) is 24.3 Å². The van der Waals surface area contributed by atoms with Crippen LogP contribution in [-0.2, 0) is 0 Å². The van der Waals surface area contributed by atoms with Gasteiger partial charge in [-0.15, -0.1) is 0 Å². The molecule has 2 nitrogen and oxygen atoms in total. The predicted octanol–water partition coefficient (Wildman–Crippen LogP) is 1.40. The van der Waals surface area contributed by atoms with E-state index in [1.54, 1.807) is 24.3 Å². The van der Waals surface area contributed by atoms with E-state index in [4.69, 9.17) is 0 Å². The van der Waals surface area contributed by atoms with E-state index in [1.807, 2.05) is 0 Å². The van der Waals surface area contributed by atoms with Gasteiger partial charge in [0.15, 0.2) is 0 Å². The highest BCUT2D eigenvalue weighted by Crippen LogP contribution is 2.32. The van der Waals surface area contributed by atoms with E-state index < -0.39 is 18.0 Å². The predicted molar refractivity (Wildman–Crippen MR) is 46.5 cm³/mol. The summed E-state index contributed by atoms with van der Waals surface area (Å²) < 4.78 is 13.0. The van der Waals surface area contributed by atoms with E-state index in [0.29, 0.717) is 11.1 Å². The van der Waals surface area contributed by atoms with E-state index in [-0.39, 0.29) is 0 Å². The Bertz CT molecular complexity index is 360. The molecule has 0 fully saturated rings. The second-order valence-corrected chi connectivity index (χ2v) is 3.05. The van der Waals surface area contributed by atoms with Crippen LogP contribution < -0.4 is 0 Å². The van der Waals surface area contributed by atoms with Crippen molar-refractivity contribution in [1.82, 2.24) is 0 Å². The lowest BCUT2D eigenvalue weighted by molar-refractivity contribution is 0.0270. The third-order valence-corrected chi connectivity index (χ3v) is 2.19. The fourth-order valence-electron chi connectivity index (χ4n) is 1.47.